The Hall–Kier alpha value is -0.840. The van der Waals surface area contributed by atoms with Crippen LogP contribution in [0.5, 0.6) is 0 Å². The largest absolute Gasteiger partial charge is 0.342 e. The molecule has 0 amide bonds. The summed E-state index contributed by atoms with van der Waals surface area (Å²) in [4.78, 5) is 11.6. The van der Waals surface area contributed by atoms with E-state index in [1.807, 2.05) is 0 Å². The first kappa shape index (κ1) is 9.71. The van der Waals surface area contributed by atoms with Crippen molar-refractivity contribution in [3.8, 4) is 0 Å². The molecule has 1 aliphatic rings. The van der Waals surface area contributed by atoms with Crippen LogP contribution in [0.2, 0.25) is 0 Å². The Bertz CT molecular complexity index is 394. The minimum absolute atomic E-state index is 0.0804. The smallest absolute Gasteiger partial charge is 0.272 e. The first-order valence-electron chi connectivity index (χ1n) is 5.04. The van der Waals surface area contributed by atoms with E-state index in [0.29, 0.717) is 4.77 Å². The molecule has 5 heteroatoms. The van der Waals surface area contributed by atoms with E-state index in [2.05, 4.69) is 17.1 Å². The second-order valence-corrected chi connectivity index (χ2v) is 4.64. The van der Waals surface area contributed by atoms with Gasteiger partial charge in [0.05, 0.1) is 0 Å². The van der Waals surface area contributed by atoms with E-state index in [0.717, 1.165) is 12.8 Å². The zero-order chi connectivity index (χ0) is 10.2. The number of aromatic nitrogens is 3. The molecule has 1 aromatic heterocycles. The van der Waals surface area contributed by atoms with Gasteiger partial charge >= 0.3 is 5.69 Å². The summed E-state index contributed by atoms with van der Waals surface area (Å²) >= 11 is 5.10. The lowest BCUT2D eigenvalue weighted by Crippen LogP contribution is -2.39. The van der Waals surface area contributed by atoms with Gasteiger partial charge in [-0.3, -0.25) is 9.67 Å². The van der Waals surface area contributed by atoms with Gasteiger partial charge in [0.15, 0.2) is 4.77 Å². The molecular formula is C9H15N3OS. The molecular weight excluding hydrogens is 198 g/mol. The molecule has 1 saturated carbocycles. The molecule has 4 nitrogen and oxygen atoms in total. The predicted molar refractivity (Wildman–Crippen MR) is 57.0 cm³/mol. The van der Waals surface area contributed by atoms with Gasteiger partial charge in [0.2, 0.25) is 0 Å². The van der Waals surface area contributed by atoms with Crippen LogP contribution >= 0.6 is 12.2 Å². The van der Waals surface area contributed by atoms with E-state index in [4.69, 9.17) is 12.2 Å². The highest BCUT2D eigenvalue weighted by Crippen LogP contribution is 2.33. The molecule has 2 rings (SSSR count). The summed E-state index contributed by atoms with van der Waals surface area (Å²) in [5.41, 5.74) is -0.192. The molecule has 0 spiro atoms. The van der Waals surface area contributed by atoms with Gasteiger partial charge in [-0.2, -0.15) is 0 Å². The second kappa shape index (κ2) is 3.38. The van der Waals surface area contributed by atoms with Gasteiger partial charge in [-0.1, -0.05) is 19.3 Å². The van der Waals surface area contributed by atoms with Crippen LogP contribution in [0.3, 0.4) is 0 Å². The maximum Gasteiger partial charge on any atom is 0.342 e. The molecule has 0 aliphatic heterocycles. The third kappa shape index (κ3) is 1.45. The van der Waals surface area contributed by atoms with E-state index in [1.54, 1.807) is 4.57 Å². The lowest BCUT2D eigenvalue weighted by atomic mass is 9.83. The van der Waals surface area contributed by atoms with Crippen molar-refractivity contribution in [3.63, 3.8) is 0 Å². The highest BCUT2D eigenvalue weighted by molar-refractivity contribution is 7.71. The molecule has 1 aromatic rings. The van der Waals surface area contributed by atoms with Gasteiger partial charge in [-0.05, 0) is 32.0 Å². The van der Waals surface area contributed by atoms with Crippen LogP contribution in [-0.4, -0.2) is 14.8 Å². The molecule has 1 aliphatic carbocycles. The van der Waals surface area contributed by atoms with Gasteiger partial charge in [0, 0.05) is 5.54 Å². The van der Waals surface area contributed by atoms with E-state index >= 15 is 0 Å². The quantitative estimate of drug-likeness (QED) is 0.700. The topological polar surface area (TPSA) is 53.6 Å². The summed E-state index contributed by atoms with van der Waals surface area (Å²) in [6.45, 7) is 2.12. The first-order valence-corrected chi connectivity index (χ1v) is 5.44. The molecule has 0 bridgehead atoms. The SMILES string of the molecule is CC1(n2c(=O)[nH][nH]c2=S)CCCCC1. The third-order valence-corrected chi connectivity index (χ3v) is 3.44. The fourth-order valence-electron chi connectivity index (χ4n) is 2.34. The van der Waals surface area contributed by atoms with E-state index in [-0.39, 0.29) is 11.2 Å². The van der Waals surface area contributed by atoms with Gasteiger partial charge in [0.25, 0.3) is 0 Å². The summed E-state index contributed by atoms with van der Waals surface area (Å²) in [5, 5.41) is 5.24. The highest BCUT2D eigenvalue weighted by atomic mass is 32.1. The lowest BCUT2D eigenvalue weighted by Gasteiger charge is -2.33. The molecule has 14 heavy (non-hydrogen) atoms. The molecule has 78 valence electrons. The second-order valence-electron chi connectivity index (χ2n) is 4.25. The Morgan fingerprint density at radius 3 is 2.43 bits per heavy atom. The summed E-state index contributed by atoms with van der Waals surface area (Å²) in [6.07, 6.45) is 5.72. The minimum Gasteiger partial charge on any atom is -0.272 e. The first-order chi connectivity index (χ1) is 6.63. The maximum atomic E-state index is 11.6. The van der Waals surface area contributed by atoms with Crippen LogP contribution in [0.15, 0.2) is 4.79 Å². The minimum atomic E-state index is -0.112. The van der Waals surface area contributed by atoms with Crippen molar-refractivity contribution >= 4 is 12.2 Å². The molecule has 1 fully saturated rings. The average molecular weight is 213 g/mol. The highest BCUT2D eigenvalue weighted by Gasteiger charge is 2.30. The molecule has 2 N–H and O–H groups in total. The van der Waals surface area contributed by atoms with Crippen molar-refractivity contribution in [2.45, 2.75) is 44.6 Å². The van der Waals surface area contributed by atoms with Crippen LogP contribution in [0, 0.1) is 4.77 Å². The van der Waals surface area contributed by atoms with E-state index in [9.17, 15) is 4.79 Å². The molecule has 0 radical (unpaired) electrons. The van der Waals surface area contributed by atoms with Crippen molar-refractivity contribution in [2.24, 2.45) is 0 Å². The normalized spacial score (nSPS) is 20.9. The van der Waals surface area contributed by atoms with Crippen LogP contribution in [0.25, 0.3) is 0 Å². The number of nitrogens with one attached hydrogen (secondary N) is 2. The average Bonchev–Trinajstić information content (AvgIpc) is 2.48. The fraction of sp³-hybridized carbons (Fsp3) is 0.778. The standard InChI is InChI=1S/C9H15N3OS/c1-9(5-3-2-4-6-9)12-7(13)10-11-8(12)14/h2-6H2,1H3,(H,10,13)(H,11,14). The van der Waals surface area contributed by atoms with Crippen LogP contribution in [-0.2, 0) is 5.54 Å². The van der Waals surface area contributed by atoms with Gasteiger partial charge in [-0.15, -0.1) is 0 Å². The van der Waals surface area contributed by atoms with Gasteiger partial charge < -0.3 is 0 Å². The Morgan fingerprint density at radius 1 is 1.29 bits per heavy atom. The van der Waals surface area contributed by atoms with Crippen LogP contribution in [0.1, 0.15) is 39.0 Å². The summed E-state index contributed by atoms with van der Waals surface area (Å²) in [7, 11) is 0. The Kier molecular flexibility index (Phi) is 2.34. The van der Waals surface area contributed by atoms with Crippen molar-refractivity contribution in [3.05, 3.63) is 15.3 Å². The predicted octanol–water partition coefficient (Wildman–Crippen LogP) is 1.91. The summed E-state index contributed by atoms with van der Waals surface area (Å²) in [6, 6.07) is 0. The van der Waals surface area contributed by atoms with Crippen LogP contribution in [0.4, 0.5) is 0 Å². The zero-order valence-electron chi connectivity index (χ0n) is 8.30. The number of H-pyrrole nitrogens is 2. The van der Waals surface area contributed by atoms with E-state index in [1.165, 1.54) is 19.3 Å². The van der Waals surface area contributed by atoms with Gasteiger partial charge in [0.1, 0.15) is 0 Å². The Balaban J connectivity index is 2.47. The van der Waals surface area contributed by atoms with Gasteiger partial charge in [-0.25, -0.2) is 9.89 Å². The summed E-state index contributed by atoms with van der Waals surface area (Å²) in [5.74, 6) is 0. The molecule has 0 saturated heterocycles. The number of hydrogen-bond donors (Lipinski definition) is 2. The number of hydrogen-bond acceptors (Lipinski definition) is 2. The van der Waals surface area contributed by atoms with Crippen LogP contribution < -0.4 is 5.69 Å². The van der Waals surface area contributed by atoms with Crippen molar-refractivity contribution in [2.75, 3.05) is 0 Å². The van der Waals surface area contributed by atoms with Crippen molar-refractivity contribution < 1.29 is 0 Å². The summed E-state index contributed by atoms with van der Waals surface area (Å²) < 4.78 is 2.21. The van der Waals surface area contributed by atoms with Crippen molar-refractivity contribution in [1.82, 2.24) is 14.8 Å². The van der Waals surface area contributed by atoms with E-state index < -0.39 is 0 Å². The molecule has 0 unspecified atom stereocenters. The Morgan fingerprint density at radius 2 is 1.93 bits per heavy atom. The number of nitrogens with zero attached hydrogens (tertiary/aromatic N) is 1. The number of aromatic amines is 2. The molecule has 0 atom stereocenters. The lowest BCUT2D eigenvalue weighted by molar-refractivity contribution is 0.210. The Labute approximate surface area is 87.3 Å². The fourth-order valence-corrected chi connectivity index (χ4v) is 2.69. The van der Waals surface area contributed by atoms with Crippen molar-refractivity contribution in [1.29, 1.82) is 0 Å². The third-order valence-electron chi connectivity index (χ3n) is 3.15. The maximum absolute atomic E-state index is 11.6. The number of rotatable bonds is 1. The zero-order valence-corrected chi connectivity index (χ0v) is 9.12. The monoisotopic (exact) mass is 213 g/mol. The molecule has 1 heterocycles. The molecule has 0 aromatic carbocycles.